The molecule has 1 saturated heterocycles. The predicted octanol–water partition coefficient (Wildman–Crippen LogP) is 5.58. The van der Waals surface area contributed by atoms with Crippen LogP contribution in [0.25, 0.3) is 0 Å². The topological polar surface area (TPSA) is 77.8 Å². The molecule has 1 fully saturated rings. The number of nitrogens with zero attached hydrogens (tertiary/aromatic N) is 1. The van der Waals surface area contributed by atoms with Crippen LogP contribution in [0.4, 0.5) is 8.78 Å². The van der Waals surface area contributed by atoms with Crippen molar-refractivity contribution >= 4 is 23.2 Å². The number of alkyl halides is 2. The van der Waals surface area contributed by atoms with E-state index in [9.17, 15) is 23.5 Å². The number of aliphatic hydroxyl groups excluding tert-OH is 1. The average molecular weight is 506 g/mol. The molecular formula is C27H33F2NO4S. The van der Waals surface area contributed by atoms with Crippen molar-refractivity contribution in [1.29, 1.82) is 0 Å². The molecule has 2 aromatic rings. The number of hydrogen-bond acceptors (Lipinski definition) is 4. The highest BCUT2D eigenvalue weighted by atomic mass is 32.1. The van der Waals surface area contributed by atoms with Gasteiger partial charge in [0.05, 0.1) is 12.1 Å². The predicted molar refractivity (Wildman–Crippen MR) is 133 cm³/mol. The summed E-state index contributed by atoms with van der Waals surface area (Å²) in [5.74, 6) is -5.62. The van der Waals surface area contributed by atoms with Gasteiger partial charge in [-0.15, -0.1) is 11.3 Å². The van der Waals surface area contributed by atoms with Crippen LogP contribution in [-0.2, 0) is 17.6 Å². The van der Waals surface area contributed by atoms with Crippen LogP contribution in [0.1, 0.15) is 59.1 Å². The number of aromatic carboxylic acids is 1. The number of thiophene rings is 1. The first-order valence-electron chi connectivity index (χ1n) is 12.1. The summed E-state index contributed by atoms with van der Waals surface area (Å²) in [5.41, 5.74) is 1.29. The molecule has 3 atom stereocenters. The first-order chi connectivity index (χ1) is 16.7. The second-order valence-corrected chi connectivity index (χ2v) is 10.4. The molecule has 1 aromatic carbocycles. The van der Waals surface area contributed by atoms with E-state index in [0.29, 0.717) is 12.8 Å². The van der Waals surface area contributed by atoms with Gasteiger partial charge in [-0.1, -0.05) is 55.8 Å². The van der Waals surface area contributed by atoms with Crippen LogP contribution in [0.3, 0.4) is 0 Å². The third-order valence-electron chi connectivity index (χ3n) is 6.47. The maximum absolute atomic E-state index is 14.2. The Morgan fingerprint density at radius 3 is 2.60 bits per heavy atom. The molecule has 5 nitrogen and oxygen atoms in total. The second-order valence-electron chi connectivity index (χ2n) is 9.23. The van der Waals surface area contributed by atoms with Crippen LogP contribution < -0.4 is 0 Å². The maximum Gasteiger partial charge on any atom is 0.345 e. The smallest absolute Gasteiger partial charge is 0.345 e. The molecule has 0 radical (unpaired) electrons. The zero-order valence-corrected chi connectivity index (χ0v) is 20.7. The number of unbranched alkanes of at least 4 members (excludes halogenated alkanes) is 1. The van der Waals surface area contributed by atoms with Crippen molar-refractivity contribution in [1.82, 2.24) is 4.90 Å². The monoisotopic (exact) mass is 505 g/mol. The highest BCUT2D eigenvalue weighted by Gasteiger charge is 2.52. The Morgan fingerprint density at radius 1 is 1.17 bits per heavy atom. The Labute approximate surface area is 209 Å². The first kappa shape index (κ1) is 27.0. The van der Waals surface area contributed by atoms with Crippen LogP contribution in [0.15, 0.2) is 54.6 Å². The highest BCUT2D eigenvalue weighted by Crippen LogP contribution is 2.34. The summed E-state index contributed by atoms with van der Waals surface area (Å²) < 4.78 is 28.3. The molecule has 190 valence electrons. The van der Waals surface area contributed by atoms with Gasteiger partial charge in [0, 0.05) is 17.8 Å². The molecule has 0 spiro atoms. The van der Waals surface area contributed by atoms with Crippen LogP contribution in [0.5, 0.6) is 0 Å². The number of benzene rings is 1. The van der Waals surface area contributed by atoms with Gasteiger partial charge in [0.25, 0.3) is 5.91 Å². The molecule has 1 aromatic heterocycles. The fourth-order valence-corrected chi connectivity index (χ4v) is 5.24. The molecule has 0 bridgehead atoms. The normalized spacial score (nSPS) is 19.4. The SMILES string of the molecule is C[C@@H](CCCCc1ccccc1)[C@H](O)C=CC1CC(F)(F)C(=O)N1CCCc1ccc(C(=O)O)s1. The lowest BCUT2D eigenvalue weighted by Crippen LogP contribution is -2.36. The van der Waals surface area contributed by atoms with Gasteiger partial charge >= 0.3 is 11.9 Å². The number of hydrogen-bond donors (Lipinski definition) is 2. The van der Waals surface area contributed by atoms with Crippen molar-refractivity contribution in [3.05, 3.63) is 69.9 Å². The van der Waals surface area contributed by atoms with Crippen LogP contribution in [0, 0.1) is 5.92 Å². The Balaban J connectivity index is 1.48. The van der Waals surface area contributed by atoms with E-state index in [1.807, 2.05) is 25.1 Å². The maximum atomic E-state index is 14.2. The minimum Gasteiger partial charge on any atom is -0.477 e. The van der Waals surface area contributed by atoms with Gasteiger partial charge in [-0.3, -0.25) is 4.79 Å². The molecule has 8 heteroatoms. The minimum atomic E-state index is -3.41. The van der Waals surface area contributed by atoms with Crippen molar-refractivity contribution in [3.63, 3.8) is 0 Å². The molecule has 0 saturated carbocycles. The second kappa shape index (κ2) is 12.4. The lowest BCUT2D eigenvalue weighted by Gasteiger charge is -2.22. The third kappa shape index (κ3) is 7.70. The van der Waals surface area contributed by atoms with E-state index in [-0.39, 0.29) is 17.3 Å². The molecule has 0 aliphatic carbocycles. The highest BCUT2D eigenvalue weighted by molar-refractivity contribution is 7.13. The molecular weight excluding hydrogens is 472 g/mol. The van der Waals surface area contributed by atoms with Gasteiger partial charge in [-0.05, 0) is 55.7 Å². The largest absolute Gasteiger partial charge is 0.477 e. The van der Waals surface area contributed by atoms with E-state index in [4.69, 9.17) is 5.11 Å². The number of likely N-dealkylation sites (tertiary alicyclic amines) is 1. The molecule has 35 heavy (non-hydrogen) atoms. The van der Waals surface area contributed by atoms with Gasteiger partial charge in [-0.2, -0.15) is 8.78 Å². The third-order valence-corrected chi connectivity index (χ3v) is 7.60. The van der Waals surface area contributed by atoms with Gasteiger partial charge in [0.15, 0.2) is 0 Å². The summed E-state index contributed by atoms with van der Waals surface area (Å²) in [6, 6.07) is 12.7. The summed E-state index contributed by atoms with van der Waals surface area (Å²) in [4.78, 5) is 25.5. The van der Waals surface area contributed by atoms with E-state index in [1.54, 1.807) is 12.1 Å². The van der Waals surface area contributed by atoms with Gasteiger partial charge in [0.1, 0.15) is 4.88 Å². The lowest BCUT2D eigenvalue weighted by atomic mass is 9.95. The zero-order chi connectivity index (χ0) is 25.4. The van der Waals surface area contributed by atoms with E-state index < -0.39 is 36.4 Å². The van der Waals surface area contributed by atoms with Gasteiger partial charge in [-0.25, -0.2) is 4.79 Å². The molecule has 1 aliphatic rings. The Bertz CT molecular complexity index is 1010. The van der Waals surface area contributed by atoms with Crippen molar-refractivity contribution in [2.75, 3.05) is 6.54 Å². The van der Waals surface area contributed by atoms with Crippen molar-refractivity contribution in [2.24, 2.45) is 5.92 Å². The number of carboxylic acid groups (broad SMARTS) is 1. The average Bonchev–Trinajstić information content (AvgIpc) is 3.39. The number of aryl methyl sites for hydroxylation is 2. The Kier molecular flexibility index (Phi) is 9.57. The van der Waals surface area contributed by atoms with Gasteiger partial charge < -0.3 is 15.1 Å². The Morgan fingerprint density at radius 2 is 1.91 bits per heavy atom. The first-order valence-corrected chi connectivity index (χ1v) is 12.9. The number of halogens is 2. The summed E-state index contributed by atoms with van der Waals surface area (Å²) >= 11 is 1.15. The molecule has 1 aliphatic heterocycles. The Hall–Kier alpha value is -2.58. The van der Waals surface area contributed by atoms with E-state index >= 15 is 0 Å². The van der Waals surface area contributed by atoms with E-state index in [2.05, 4.69) is 12.1 Å². The summed E-state index contributed by atoms with van der Waals surface area (Å²) in [7, 11) is 0. The summed E-state index contributed by atoms with van der Waals surface area (Å²) in [6.07, 6.45) is 6.46. The van der Waals surface area contributed by atoms with E-state index in [0.717, 1.165) is 41.9 Å². The number of carboxylic acids is 1. The fraction of sp³-hybridized carbons (Fsp3) is 0.481. The molecule has 2 heterocycles. The zero-order valence-electron chi connectivity index (χ0n) is 19.9. The summed E-state index contributed by atoms with van der Waals surface area (Å²) in [5, 5.41) is 19.5. The van der Waals surface area contributed by atoms with Crippen LogP contribution in [-0.4, -0.2) is 51.6 Å². The molecule has 2 N–H and O–H groups in total. The van der Waals surface area contributed by atoms with Crippen molar-refractivity contribution in [3.8, 4) is 0 Å². The number of aliphatic hydroxyl groups is 1. The van der Waals surface area contributed by atoms with E-state index in [1.165, 1.54) is 22.6 Å². The quantitative estimate of drug-likeness (QED) is 0.275. The van der Waals surface area contributed by atoms with Crippen LogP contribution >= 0.6 is 11.3 Å². The number of carbonyl (C=O) groups is 2. The fourth-order valence-electron chi connectivity index (χ4n) is 4.35. The lowest BCUT2D eigenvalue weighted by molar-refractivity contribution is -0.148. The number of amides is 1. The molecule has 1 amide bonds. The summed E-state index contributed by atoms with van der Waals surface area (Å²) in [6.45, 7) is 2.09. The molecule has 3 rings (SSSR count). The standard InChI is InChI=1S/C27H33F2NO4S/c1-19(8-5-6-11-20-9-3-2-4-10-20)23(31)15-13-21-18-27(28,29)26(34)30(21)17-7-12-22-14-16-24(35-22)25(32)33/h2-4,9-10,13-16,19,21,23,31H,5-8,11-12,17-18H2,1H3,(H,32,33)/t19-,21?,23+/m0/s1. The van der Waals surface area contributed by atoms with Crippen molar-refractivity contribution in [2.45, 2.75) is 69.9 Å². The van der Waals surface area contributed by atoms with Crippen LogP contribution in [0.2, 0.25) is 0 Å². The number of rotatable bonds is 13. The minimum absolute atomic E-state index is 0.0182. The molecule has 1 unspecified atom stereocenters. The number of carbonyl (C=O) groups excluding carboxylic acids is 1. The van der Waals surface area contributed by atoms with Gasteiger partial charge in [0.2, 0.25) is 0 Å². The van der Waals surface area contributed by atoms with Crippen molar-refractivity contribution < 1.29 is 28.6 Å².